The highest BCUT2D eigenvalue weighted by Crippen LogP contribution is 2.31. The molecule has 1 aromatic heterocycles. The summed E-state index contributed by atoms with van der Waals surface area (Å²) in [6.45, 7) is 3.88. The third kappa shape index (κ3) is 4.22. The third-order valence-electron chi connectivity index (χ3n) is 3.01. The van der Waals surface area contributed by atoms with Crippen molar-refractivity contribution >= 4 is 17.6 Å². The summed E-state index contributed by atoms with van der Waals surface area (Å²) in [6, 6.07) is 2.42. The molecule has 6 nitrogen and oxygen atoms in total. The maximum Gasteiger partial charge on any atom is 0.362 e. The molecule has 132 valence electrons. The number of nitrogens with zero attached hydrogens (tertiary/aromatic N) is 2. The third-order valence-corrected chi connectivity index (χ3v) is 3.30. The molecule has 0 fully saturated rings. The van der Waals surface area contributed by atoms with Gasteiger partial charge in [0.25, 0.3) is 0 Å². The number of carbonyl (C=O) groups is 1. The number of halogens is 2. The number of benzene rings is 1. The van der Waals surface area contributed by atoms with Crippen LogP contribution in [0.2, 0.25) is 5.02 Å². The number of ether oxygens (including phenoxy) is 3. The Balaban J connectivity index is 2.49. The predicted molar refractivity (Wildman–Crippen MR) is 90.0 cm³/mol. The van der Waals surface area contributed by atoms with Crippen molar-refractivity contribution in [3.05, 3.63) is 34.9 Å². The van der Waals surface area contributed by atoms with E-state index in [9.17, 15) is 9.18 Å². The van der Waals surface area contributed by atoms with Crippen LogP contribution < -0.4 is 9.47 Å². The van der Waals surface area contributed by atoms with Crippen LogP contribution in [0.5, 0.6) is 11.5 Å². The van der Waals surface area contributed by atoms with Crippen LogP contribution in [-0.2, 0) is 4.74 Å². The lowest BCUT2D eigenvalue weighted by molar-refractivity contribution is 0.0514. The summed E-state index contributed by atoms with van der Waals surface area (Å²) in [4.78, 5) is 12.0. The molecule has 0 atom stereocenters. The van der Waals surface area contributed by atoms with E-state index in [1.807, 2.05) is 0 Å². The Bertz CT molecular complexity index is 814. The molecule has 0 radical (unpaired) electrons. The Hall–Kier alpha value is -2.72. The molecule has 0 amide bonds. The van der Waals surface area contributed by atoms with E-state index in [1.165, 1.54) is 12.3 Å². The number of terminal acetylenes is 1. The predicted octanol–water partition coefficient (Wildman–Crippen LogP) is 3.25. The molecular weight excluding hydrogens is 351 g/mol. The lowest BCUT2D eigenvalue weighted by atomic mass is 10.3. The highest BCUT2D eigenvalue weighted by atomic mass is 35.5. The second-order valence-electron chi connectivity index (χ2n) is 4.67. The molecule has 2 rings (SSSR count). The lowest BCUT2D eigenvalue weighted by Crippen LogP contribution is -2.09. The Morgan fingerprint density at radius 2 is 2.08 bits per heavy atom. The van der Waals surface area contributed by atoms with Gasteiger partial charge in [-0.2, -0.15) is 5.10 Å². The largest absolute Gasteiger partial charge is 0.490 e. The molecule has 0 saturated carbocycles. The van der Waals surface area contributed by atoms with Crippen molar-refractivity contribution in [2.45, 2.75) is 13.8 Å². The first-order valence-corrected chi connectivity index (χ1v) is 7.84. The van der Waals surface area contributed by atoms with Gasteiger partial charge in [0.2, 0.25) is 5.69 Å². The Labute approximate surface area is 149 Å². The van der Waals surface area contributed by atoms with Crippen molar-refractivity contribution in [3.63, 3.8) is 0 Å². The first kappa shape index (κ1) is 18.6. The molecule has 0 aliphatic carbocycles. The first-order valence-electron chi connectivity index (χ1n) is 7.47. The molecule has 8 heteroatoms. The van der Waals surface area contributed by atoms with E-state index in [4.69, 9.17) is 32.2 Å². The van der Waals surface area contributed by atoms with E-state index in [2.05, 4.69) is 11.0 Å². The Morgan fingerprint density at radius 1 is 1.32 bits per heavy atom. The maximum absolute atomic E-state index is 14.3. The van der Waals surface area contributed by atoms with Crippen molar-refractivity contribution in [3.8, 4) is 29.5 Å². The summed E-state index contributed by atoms with van der Waals surface area (Å²) in [6.07, 6.45) is 6.53. The molecule has 0 bridgehead atoms. The average molecular weight is 367 g/mol. The fourth-order valence-corrected chi connectivity index (χ4v) is 2.21. The van der Waals surface area contributed by atoms with Gasteiger partial charge in [0, 0.05) is 6.07 Å². The number of hydrogen-bond acceptors (Lipinski definition) is 5. The second-order valence-corrected chi connectivity index (χ2v) is 5.07. The summed E-state index contributed by atoms with van der Waals surface area (Å²) in [5.41, 5.74) is -0.0305. The average Bonchev–Trinajstić information content (AvgIpc) is 2.98. The summed E-state index contributed by atoms with van der Waals surface area (Å²) < 4.78 is 31.1. The van der Waals surface area contributed by atoms with E-state index in [1.54, 1.807) is 13.8 Å². The number of hydrogen-bond donors (Lipinski definition) is 0. The van der Waals surface area contributed by atoms with Crippen molar-refractivity contribution < 1.29 is 23.4 Å². The van der Waals surface area contributed by atoms with Crippen LogP contribution in [0.25, 0.3) is 5.69 Å². The summed E-state index contributed by atoms with van der Waals surface area (Å²) in [7, 11) is 0. The molecule has 25 heavy (non-hydrogen) atoms. The highest BCUT2D eigenvalue weighted by molar-refractivity contribution is 6.32. The SMILES string of the molecule is C#CCOc1cc(-n2cc(OCC)c(C(=O)OCC)n2)c(F)cc1Cl. The zero-order valence-electron chi connectivity index (χ0n) is 13.7. The lowest BCUT2D eigenvalue weighted by Gasteiger charge is -2.09. The Kier molecular flexibility index (Phi) is 6.25. The molecule has 0 aliphatic rings. The van der Waals surface area contributed by atoms with Crippen LogP contribution in [-0.4, -0.2) is 35.6 Å². The zero-order valence-corrected chi connectivity index (χ0v) is 14.5. The van der Waals surface area contributed by atoms with Crippen LogP contribution >= 0.6 is 11.6 Å². The van der Waals surface area contributed by atoms with Gasteiger partial charge in [0.15, 0.2) is 11.6 Å². The summed E-state index contributed by atoms with van der Waals surface area (Å²) in [5.74, 6) is 1.36. The molecule has 0 aliphatic heterocycles. The first-order chi connectivity index (χ1) is 12.0. The molecule has 2 aromatic rings. The quantitative estimate of drug-likeness (QED) is 0.556. The molecule has 0 saturated heterocycles. The fourth-order valence-electron chi connectivity index (χ4n) is 2.01. The minimum Gasteiger partial charge on any atom is -0.490 e. The van der Waals surface area contributed by atoms with E-state index >= 15 is 0 Å². The van der Waals surface area contributed by atoms with Gasteiger partial charge in [-0.05, 0) is 19.9 Å². The van der Waals surface area contributed by atoms with Crippen molar-refractivity contribution in [1.29, 1.82) is 0 Å². The zero-order chi connectivity index (χ0) is 18.4. The van der Waals surface area contributed by atoms with E-state index < -0.39 is 11.8 Å². The normalized spacial score (nSPS) is 10.2. The van der Waals surface area contributed by atoms with Gasteiger partial charge in [0.1, 0.15) is 18.0 Å². The number of esters is 1. The number of aromatic nitrogens is 2. The van der Waals surface area contributed by atoms with E-state index in [0.29, 0.717) is 6.61 Å². The van der Waals surface area contributed by atoms with Crippen molar-refractivity contribution in [2.24, 2.45) is 0 Å². The second kappa shape index (κ2) is 8.40. The fraction of sp³-hybridized carbons (Fsp3) is 0.294. The van der Waals surface area contributed by atoms with Gasteiger partial charge in [-0.1, -0.05) is 17.5 Å². The molecule has 1 aromatic carbocycles. The van der Waals surface area contributed by atoms with Gasteiger partial charge in [-0.25, -0.2) is 13.9 Å². The number of rotatable bonds is 7. The van der Waals surface area contributed by atoms with Crippen molar-refractivity contribution in [2.75, 3.05) is 19.8 Å². The van der Waals surface area contributed by atoms with Crippen LogP contribution in [0.15, 0.2) is 18.3 Å². The van der Waals surface area contributed by atoms with Crippen LogP contribution in [0.1, 0.15) is 24.3 Å². The summed E-state index contributed by atoms with van der Waals surface area (Å²) in [5, 5.41) is 4.14. The topological polar surface area (TPSA) is 62.6 Å². The monoisotopic (exact) mass is 366 g/mol. The minimum absolute atomic E-state index is 0.0212. The minimum atomic E-state index is -0.664. The van der Waals surface area contributed by atoms with Gasteiger partial charge in [-0.3, -0.25) is 0 Å². The standard InChI is InChI=1S/C17H16ClFN2O4/c1-4-7-25-14-9-13(12(19)8-11(14)18)21-10-15(23-5-2)16(20-21)17(22)24-6-3/h1,8-10H,5-7H2,2-3H3. The van der Waals surface area contributed by atoms with Gasteiger partial charge in [-0.15, -0.1) is 6.42 Å². The van der Waals surface area contributed by atoms with Gasteiger partial charge >= 0.3 is 5.97 Å². The molecule has 0 spiro atoms. The van der Waals surface area contributed by atoms with E-state index in [-0.39, 0.29) is 41.1 Å². The molecule has 0 unspecified atom stereocenters. The molecular formula is C17H16ClFN2O4. The van der Waals surface area contributed by atoms with Crippen LogP contribution in [0.3, 0.4) is 0 Å². The van der Waals surface area contributed by atoms with Crippen LogP contribution in [0.4, 0.5) is 4.39 Å². The highest BCUT2D eigenvalue weighted by Gasteiger charge is 2.22. The Morgan fingerprint density at radius 3 is 2.72 bits per heavy atom. The summed E-state index contributed by atoms with van der Waals surface area (Å²) >= 11 is 5.94. The smallest absolute Gasteiger partial charge is 0.362 e. The van der Waals surface area contributed by atoms with Crippen LogP contribution in [0, 0.1) is 18.2 Å². The van der Waals surface area contributed by atoms with Gasteiger partial charge in [0.05, 0.1) is 24.4 Å². The van der Waals surface area contributed by atoms with Gasteiger partial charge < -0.3 is 14.2 Å². The van der Waals surface area contributed by atoms with E-state index in [0.717, 1.165) is 10.7 Å². The molecule has 1 heterocycles. The van der Waals surface area contributed by atoms with Crippen molar-refractivity contribution in [1.82, 2.24) is 9.78 Å². The number of carbonyl (C=O) groups excluding carboxylic acids is 1. The maximum atomic E-state index is 14.3. The molecule has 0 N–H and O–H groups in total.